The molecule has 0 aliphatic heterocycles. The van der Waals surface area contributed by atoms with Crippen LogP contribution in [0, 0.1) is 11.6 Å². The molecule has 1 aliphatic carbocycles. The van der Waals surface area contributed by atoms with Crippen molar-refractivity contribution in [2.24, 2.45) is 4.99 Å². The van der Waals surface area contributed by atoms with Gasteiger partial charge in [0.15, 0.2) is 17.5 Å². The number of guanidine groups is 1. The zero-order valence-electron chi connectivity index (χ0n) is 15.9. The van der Waals surface area contributed by atoms with E-state index in [0.717, 1.165) is 25.0 Å². The molecule has 1 aliphatic rings. The van der Waals surface area contributed by atoms with E-state index in [1.807, 2.05) is 0 Å². The Kier molecular flexibility index (Phi) is 8.29. The lowest BCUT2D eigenvalue weighted by Crippen LogP contribution is -2.45. The lowest BCUT2D eigenvalue weighted by Gasteiger charge is -2.25. The van der Waals surface area contributed by atoms with Gasteiger partial charge in [-0.2, -0.15) is 0 Å². The highest BCUT2D eigenvalue weighted by molar-refractivity contribution is 5.84. The largest absolute Gasteiger partial charge is 0.489 e. The highest BCUT2D eigenvalue weighted by atomic mass is 19.1. The summed E-state index contributed by atoms with van der Waals surface area (Å²) in [6.07, 6.45) is 5.73. The molecule has 1 aromatic rings. The maximum Gasteiger partial charge on any atom is 0.243 e. The molecular formula is C19H28F2N4O2. The maximum absolute atomic E-state index is 13.6. The summed E-state index contributed by atoms with van der Waals surface area (Å²) in [6, 6.07) is 3.52. The van der Waals surface area contributed by atoms with E-state index >= 15 is 0 Å². The average Bonchev–Trinajstić information content (AvgIpc) is 2.64. The summed E-state index contributed by atoms with van der Waals surface area (Å²) < 4.78 is 31.8. The minimum atomic E-state index is -0.735. The molecule has 1 aromatic carbocycles. The molecule has 0 radical (unpaired) electrons. The molecule has 8 heteroatoms. The van der Waals surface area contributed by atoms with Crippen molar-refractivity contribution in [3.63, 3.8) is 0 Å². The summed E-state index contributed by atoms with van der Waals surface area (Å²) in [4.78, 5) is 17.6. The van der Waals surface area contributed by atoms with Crippen LogP contribution in [0.1, 0.15) is 32.1 Å². The highest BCUT2D eigenvalue weighted by Gasteiger charge is 2.15. The van der Waals surface area contributed by atoms with Gasteiger partial charge in [0.2, 0.25) is 5.91 Å². The van der Waals surface area contributed by atoms with Crippen molar-refractivity contribution >= 4 is 11.9 Å². The first kappa shape index (κ1) is 20.9. The lowest BCUT2D eigenvalue weighted by atomic mass is 9.96. The molecule has 0 saturated heterocycles. The van der Waals surface area contributed by atoms with E-state index in [2.05, 4.69) is 15.6 Å². The van der Waals surface area contributed by atoms with Crippen LogP contribution in [0.3, 0.4) is 0 Å². The van der Waals surface area contributed by atoms with Crippen molar-refractivity contribution in [2.75, 3.05) is 33.8 Å². The van der Waals surface area contributed by atoms with E-state index in [9.17, 15) is 13.6 Å². The first-order chi connectivity index (χ1) is 13.0. The second-order valence-electron chi connectivity index (χ2n) is 6.78. The Morgan fingerprint density at radius 3 is 2.67 bits per heavy atom. The summed E-state index contributed by atoms with van der Waals surface area (Å²) in [5, 5.41) is 6.47. The molecule has 0 atom stereocenters. The van der Waals surface area contributed by atoms with E-state index < -0.39 is 11.6 Å². The molecule has 27 heavy (non-hydrogen) atoms. The Morgan fingerprint density at radius 1 is 1.26 bits per heavy atom. The molecule has 0 unspecified atom stereocenters. The minimum absolute atomic E-state index is 0.000265. The molecule has 150 valence electrons. The number of rotatable bonds is 7. The Morgan fingerprint density at radius 2 is 2.00 bits per heavy atom. The Balaban J connectivity index is 1.86. The standard InChI is InChI=1S/C19H28F2N4O2/c1-25(2)18(26)13-23-19(24-15-6-4-3-5-7-15)22-10-11-27-17-9-8-14(20)12-16(17)21/h8-9,12,15H,3-7,10-11,13H2,1-2H3,(H2,22,23,24). The molecule has 2 N–H and O–H groups in total. The zero-order chi connectivity index (χ0) is 19.6. The molecule has 6 nitrogen and oxygen atoms in total. The van der Waals surface area contributed by atoms with Crippen molar-refractivity contribution in [1.82, 2.24) is 15.5 Å². The number of hydrogen-bond acceptors (Lipinski definition) is 3. The van der Waals surface area contributed by atoms with Gasteiger partial charge in [0.25, 0.3) is 0 Å². The van der Waals surface area contributed by atoms with Crippen LogP contribution >= 0.6 is 0 Å². The van der Waals surface area contributed by atoms with Crippen LogP contribution in [-0.2, 0) is 4.79 Å². The van der Waals surface area contributed by atoms with Crippen LogP contribution in [-0.4, -0.2) is 56.6 Å². The number of likely N-dealkylation sites (N-methyl/N-ethyl adjacent to an activating group) is 1. The van der Waals surface area contributed by atoms with Crippen molar-refractivity contribution in [1.29, 1.82) is 0 Å². The Labute approximate surface area is 159 Å². The van der Waals surface area contributed by atoms with Gasteiger partial charge in [-0.3, -0.25) is 4.79 Å². The van der Waals surface area contributed by atoms with Crippen molar-refractivity contribution in [3.8, 4) is 5.75 Å². The number of aliphatic imine (C=N–C) groups is 1. The third-order valence-corrected chi connectivity index (χ3v) is 4.36. The minimum Gasteiger partial charge on any atom is -0.489 e. The third kappa shape index (κ3) is 7.40. The zero-order valence-corrected chi connectivity index (χ0v) is 15.9. The van der Waals surface area contributed by atoms with Gasteiger partial charge in [0, 0.05) is 26.2 Å². The fourth-order valence-electron chi connectivity index (χ4n) is 2.80. The van der Waals surface area contributed by atoms with E-state index in [1.165, 1.54) is 30.2 Å². The number of carbonyl (C=O) groups excluding carboxylic acids is 1. The average molecular weight is 382 g/mol. The van der Waals surface area contributed by atoms with Crippen LogP contribution in [0.2, 0.25) is 0 Å². The van der Waals surface area contributed by atoms with Crippen molar-refractivity contribution in [2.45, 2.75) is 38.1 Å². The molecule has 1 saturated carbocycles. The van der Waals surface area contributed by atoms with E-state index in [0.29, 0.717) is 18.5 Å². The predicted molar refractivity (Wildman–Crippen MR) is 101 cm³/mol. The molecule has 0 bridgehead atoms. The second-order valence-corrected chi connectivity index (χ2v) is 6.78. The third-order valence-electron chi connectivity index (χ3n) is 4.36. The number of amides is 1. The van der Waals surface area contributed by atoms with Crippen molar-refractivity contribution < 1.29 is 18.3 Å². The summed E-state index contributed by atoms with van der Waals surface area (Å²) in [5.41, 5.74) is 0. The van der Waals surface area contributed by atoms with Gasteiger partial charge < -0.3 is 20.3 Å². The van der Waals surface area contributed by atoms with Gasteiger partial charge in [-0.15, -0.1) is 0 Å². The summed E-state index contributed by atoms with van der Waals surface area (Å²) in [6.45, 7) is 0.587. The van der Waals surface area contributed by atoms with Gasteiger partial charge in [-0.1, -0.05) is 19.3 Å². The SMILES string of the molecule is CN(C)C(=O)CN=C(NCCOc1ccc(F)cc1F)NC1CCCCC1. The number of nitrogens with one attached hydrogen (secondary N) is 2. The molecular weight excluding hydrogens is 354 g/mol. The van der Waals surface area contributed by atoms with Gasteiger partial charge in [-0.05, 0) is 25.0 Å². The summed E-state index contributed by atoms with van der Waals surface area (Å²) in [7, 11) is 3.37. The molecule has 0 spiro atoms. The number of halogens is 2. The molecule has 0 heterocycles. The predicted octanol–water partition coefficient (Wildman–Crippen LogP) is 2.30. The number of nitrogens with zero attached hydrogens (tertiary/aromatic N) is 2. The lowest BCUT2D eigenvalue weighted by molar-refractivity contribution is -0.127. The monoisotopic (exact) mass is 382 g/mol. The normalized spacial score (nSPS) is 15.3. The van der Waals surface area contributed by atoms with Crippen LogP contribution < -0.4 is 15.4 Å². The second kappa shape index (κ2) is 10.7. The van der Waals surface area contributed by atoms with Crippen LogP contribution in [0.5, 0.6) is 5.75 Å². The molecule has 1 fully saturated rings. The maximum atomic E-state index is 13.6. The quantitative estimate of drug-likeness (QED) is 0.431. The Hall–Kier alpha value is -2.38. The first-order valence-electron chi connectivity index (χ1n) is 9.28. The fraction of sp³-hybridized carbons (Fsp3) is 0.579. The van der Waals surface area contributed by atoms with Gasteiger partial charge in [-0.25, -0.2) is 13.8 Å². The number of benzene rings is 1. The van der Waals surface area contributed by atoms with Gasteiger partial charge >= 0.3 is 0 Å². The molecule has 1 amide bonds. The summed E-state index contributed by atoms with van der Waals surface area (Å²) in [5.74, 6) is -0.931. The van der Waals surface area contributed by atoms with Crippen molar-refractivity contribution in [3.05, 3.63) is 29.8 Å². The first-order valence-corrected chi connectivity index (χ1v) is 9.28. The topological polar surface area (TPSA) is 66.0 Å². The van der Waals surface area contributed by atoms with E-state index in [-0.39, 0.29) is 24.8 Å². The number of ether oxygens (including phenoxy) is 1. The number of hydrogen-bond donors (Lipinski definition) is 2. The number of carbonyl (C=O) groups is 1. The molecule has 2 rings (SSSR count). The smallest absolute Gasteiger partial charge is 0.243 e. The molecule has 0 aromatic heterocycles. The Bertz CT molecular complexity index is 647. The highest BCUT2D eigenvalue weighted by Crippen LogP contribution is 2.18. The van der Waals surface area contributed by atoms with Crippen LogP contribution in [0.4, 0.5) is 8.78 Å². The van der Waals surface area contributed by atoms with Gasteiger partial charge in [0.05, 0.1) is 6.54 Å². The summed E-state index contributed by atoms with van der Waals surface area (Å²) >= 11 is 0. The van der Waals surface area contributed by atoms with Crippen LogP contribution in [0.15, 0.2) is 23.2 Å². The van der Waals surface area contributed by atoms with Gasteiger partial charge in [0.1, 0.15) is 19.0 Å². The van der Waals surface area contributed by atoms with E-state index in [1.54, 1.807) is 14.1 Å². The van der Waals surface area contributed by atoms with E-state index in [4.69, 9.17) is 4.74 Å². The fourth-order valence-corrected chi connectivity index (χ4v) is 2.80. The van der Waals surface area contributed by atoms with Crippen LogP contribution in [0.25, 0.3) is 0 Å².